The van der Waals surface area contributed by atoms with Crippen molar-refractivity contribution in [2.75, 3.05) is 13.2 Å². The first-order chi connectivity index (χ1) is 17.4. The number of carbonyl (C=O) groups excluding carboxylic acids is 2. The van der Waals surface area contributed by atoms with E-state index in [1.54, 1.807) is 67.0 Å². The van der Waals surface area contributed by atoms with Gasteiger partial charge in [0.1, 0.15) is 23.9 Å². The SMILES string of the molecule is C=CCOc1ccc([C@@H]2C(=C(O)c3ccc(OCC)c(C)c3)C(=O)C(=O)N2Cc2cccnc2)cc1. The number of aliphatic hydroxyl groups is 1. The topological polar surface area (TPSA) is 89.0 Å². The van der Waals surface area contributed by atoms with E-state index in [0.29, 0.717) is 35.8 Å². The zero-order valence-corrected chi connectivity index (χ0v) is 20.3. The van der Waals surface area contributed by atoms with Gasteiger partial charge in [0.2, 0.25) is 0 Å². The highest BCUT2D eigenvalue weighted by molar-refractivity contribution is 6.46. The largest absolute Gasteiger partial charge is 0.507 e. The Kier molecular flexibility index (Phi) is 7.49. The van der Waals surface area contributed by atoms with E-state index in [-0.39, 0.29) is 17.9 Å². The van der Waals surface area contributed by atoms with Gasteiger partial charge in [0, 0.05) is 24.5 Å². The second-order valence-corrected chi connectivity index (χ2v) is 8.37. The number of rotatable bonds is 9. The quantitative estimate of drug-likeness (QED) is 0.200. The Morgan fingerprint density at radius 3 is 2.56 bits per heavy atom. The van der Waals surface area contributed by atoms with Gasteiger partial charge in [0.15, 0.2) is 0 Å². The highest BCUT2D eigenvalue weighted by atomic mass is 16.5. The Bertz CT molecular complexity index is 1300. The van der Waals surface area contributed by atoms with Gasteiger partial charge < -0.3 is 19.5 Å². The summed E-state index contributed by atoms with van der Waals surface area (Å²) >= 11 is 0. The summed E-state index contributed by atoms with van der Waals surface area (Å²) in [7, 11) is 0. The number of ether oxygens (including phenoxy) is 2. The molecule has 7 nitrogen and oxygen atoms in total. The molecule has 0 aliphatic carbocycles. The van der Waals surface area contributed by atoms with Crippen LogP contribution in [0.1, 0.15) is 35.2 Å². The van der Waals surface area contributed by atoms with Crippen LogP contribution in [0, 0.1) is 6.92 Å². The summed E-state index contributed by atoms with van der Waals surface area (Å²) in [5, 5.41) is 11.3. The molecule has 0 bridgehead atoms. The molecule has 184 valence electrons. The molecule has 1 aliphatic rings. The van der Waals surface area contributed by atoms with E-state index in [1.807, 2.05) is 19.9 Å². The van der Waals surface area contributed by atoms with E-state index in [2.05, 4.69) is 11.6 Å². The summed E-state index contributed by atoms with van der Waals surface area (Å²) in [6.45, 7) is 8.44. The van der Waals surface area contributed by atoms with Crippen LogP contribution in [-0.2, 0) is 16.1 Å². The number of amides is 1. The van der Waals surface area contributed by atoms with Crippen molar-refractivity contribution in [2.45, 2.75) is 26.4 Å². The molecule has 1 amide bonds. The van der Waals surface area contributed by atoms with Gasteiger partial charge in [0.05, 0.1) is 18.2 Å². The third kappa shape index (κ3) is 5.00. The standard InChI is InChI=1S/C29H28N2O5/c1-4-15-36-23-11-8-21(9-12-23)26-25(27(32)22-10-13-24(35-5-2)19(3)16-22)28(33)29(34)31(26)18-20-7-6-14-30-17-20/h4,6-14,16-17,26,32H,1,5,15,18H2,2-3H3/t26-/m1/s1. The lowest BCUT2D eigenvalue weighted by Crippen LogP contribution is -2.29. The maximum Gasteiger partial charge on any atom is 0.295 e. The van der Waals surface area contributed by atoms with Gasteiger partial charge in [-0.1, -0.05) is 30.9 Å². The molecule has 0 spiro atoms. The molecule has 0 unspecified atom stereocenters. The molecule has 3 aromatic rings. The zero-order valence-electron chi connectivity index (χ0n) is 20.3. The number of hydrogen-bond donors (Lipinski definition) is 1. The van der Waals surface area contributed by atoms with Crippen molar-refractivity contribution in [1.29, 1.82) is 0 Å². The number of aliphatic hydroxyl groups excluding tert-OH is 1. The van der Waals surface area contributed by atoms with Gasteiger partial charge in [-0.25, -0.2) is 0 Å². The Morgan fingerprint density at radius 2 is 1.92 bits per heavy atom. The summed E-state index contributed by atoms with van der Waals surface area (Å²) in [6.07, 6.45) is 4.94. The Hall–Kier alpha value is -4.39. The van der Waals surface area contributed by atoms with Crippen LogP contribution in [0.4, 0.5) is 0 Å². The van der Waals surface area contributed by atoms with Gasteiger partial charge in [0.25, 0.3) is 11.7 Å². The molecule has 4 rings (SSSR count). The first-order valence-corrected chi connectivity index (χ1v) is 11.7. The van der Waals surface area contributed by atoms with Gasteiger partial charge in [-0.05, 0) is 66.9 Å². The lowest BCUT2D eigenvalue weighted by Gasteiger charge is -2.25. The second kappa shape index (κ2) is 10.9. The number of likely N-dealkylation sites (tertiary alicyclic amines) is 1. The average Bonchev–Trinajstić information content (AvgIpc) is 3.14. The number of aromatic nitrogens is 1. The third-order valence-electron chi connectivity index (χ3n) is 5.93. The number of aryl methyl sites for hydroxylation is 1. The number of Topliss-reactive ketones (excluding diaryl/α,β-unsaturated/α-hetero) is 1. The normalized spacial score (nSPS) is 16.7. The molecule has 1 atom stereocenters. The summed E-state index contributed by atoms with van der Waals surface area (Å²) in [4.78, 5) is 32.1. The van der Waals surface area contributed by atoms with E-state index < -0.39 is 17.7 Å². The minimum Gasteiger partial charge on any atom is -0.507 e. The van der Waals surface area contributed by atoms with Gasteiger partial charge in [-0.2, -0.15) is 0 Å². The molecule has 1 N–H and O–H groups in total. The van der Waals surface area contributed by atoms with Gasteiger partial charge >= 0.3 is 0 Å². The predicted octanol–water partition coefficient (Wildman–Crippen LogP) is 4.98. The van der Waals surface area contributed by atoms with Crippen molar-refractivity contribution in [2.24, 2.45) is 0 Å². The van der Waals surface area contributed by atoms with E-state index in [1.165, 1.54) is 4.90 Å². The molecule has 0 saturated carbocycles. The highest BCUT2D eigenvalue weighted by Crippen LogP contribution is 2.41. The molecular weight excluding hydrogens is 456 g/mol. The first kappa shape index (κ1) is 24.7. The molecule has 0 radical (unpaired) electrons. The minimum absolute atomic E-state index is 0.0345. The van der Waals surface area contributed by atoms with Crippen molar-refractivity contribution < 1.29 is 24.2 Å². The third-order valence-corrected chi connectivity index (χ3v) is 5.93. The molecule has 7 heteroatoms. The van der Waals surface area contributed by atoms with Crippen molar-refractivity contribution >= 4 is 17.4 Å². The Balaban J connectivity index is 1.80. The van der Waals surface area contributed by atoms with Crippen molar-refractivity contribution in [3.63, 3.8) is 0 Å². The fourth-order valence-corrected chi connectivity index (χ4v) is 4.25. The lowest BCUT2D eigenvalue weighted by molar-refractivity contribution is -0.140. The minimum atomic E-state index is -0.787. The number of pyridine rings is 1. The summed E-state index contributed by atoms with van der Waals surface area (Å²) in [5.41, 5.74) is 2.73. The predicted molar refractivity (Wildman–Crippen MR) is 137 cm³/mol. The fourth-order valence-electron chi connectivity index (χ4n) is 4.25. The van der Waals surface area contributed by atoms with Crippen molar-refractivity contribution in [1.82, 2.24) is 9.88 Å². The van der Waals surface area contributed by atoms with Crippen LogP contribution in [-0.4, -0.2) is 39.9 Å². The molecule has 1 fully saturated rings. The number of ketones is 1. The molecule has 1 aromatic heterocycles. The Morgan fingerprint density at radius 1 is 1.14 bits per heavy atom. The lowest BCUT2D eigenvalue weighted by atomic mass is 9.94. The molecule has 2 heterocycles. The van der Waals surface area contributed by atoms with Crippen LogP contribution in [0.2, 0.25) is 0 Å². The van der Waals surface area contributed by atoms with Crippen LogP contribution < -0.4 is 9.47 Å². The number of nitrogens with zero attached hydrogens (tertiary/aromatic N) is 2. The van der Waals surface area contributed by atoms with E-state index >= 15 is 0 Å². The average molecular weight is 485 g/mol. The van der Waals surface area contributed by atoms with Crippen LogP contribution >= 0.6 is 0 Å². The summed E-state index contributed by atoms with van der Waals surface area (Å²) < 4.78 is 11.2. The van der Waals surface area contributed by atoms with Crippen molar-refractivity contribution in [3.05, 3.63) is 107 Å². The van der Waals surface area contributed by atoms with Crippen LogP contribution in [0.25, 0.3) is 5.76 Å². The fraction of sp³-hybridized carbons (Fsp3) is 0.207. The molecule has 2 aromatic carbocycles. The maximum atomic E-state index is 13.3. The monoisotopic (exact) mass is 484 g/mol. The first-order valence-electron chi connectivity index (χ1n) is 11.7. The molecule has 1 aliphatic heterocycles. The Labute approximate surface area is 210 Å². The molecule has 1 saturated heterocycles. The van der Waals surface area contributed by atoms with Crippen LogP contribution in [0.3, 0.4) is 0 Å². The van der Waals surface area contributed by atoms with Crippen LogP contribution in [0.5, 0.6) is 11.5 Å². The second-order valence-electron chi connectivity index (χ2n) is 8.37. The molecule has 36 heavy (non-hydrogen) atoms. The smallest absolute Gasteiger partial charge is 0.295 e. The van der Waals surface area contributed by atoms with E-state index in [9.17, 15) is 14.7 Å². The van der Waals surface area contributed by atoms with E-state index in [0.717, 1.165) is 11.1 Å². The van der Waals surface area contributed by atoms with Crippen molar-refractivity contribution in [3.8, 4) is 11.5 Å². The number of carbonyl (C=O) groups is 2. The number of hydrogen-bond acceptors (Lipinski definition) is 6. The van der Waals surface area contributed by atoms with Crippen LogP contribution in [0.15, 0.2) is 85.2 Å². The maximum absolute atomic E-state index is 13.3. The highest BCUT2D eigenvalue weighted by Gasteiger charge is 2.46. The van der Waals surface area contributed by atoms with E-state index in [4.69, 9.17) is 9.47 Å². The molecular formula is C29H28N2O5. The zero-order chi connectivity index (χ0) is 25.7. The summed E-state index contributed by atoms with van der Waals surface area (Å²) in [5.74, 6) is -0.326. The number of benzene rings is 2. The summed E-state index contributed by atoms with van der Waals surface area (Å²) in [6, 6.07) is 15.1. The van der Waals surface area contributed by atoms with Gasteiger partial charge in [-0.3, -0.25) is 14.6 Å². The van der Waals surface area contributed by atoms with Gasteiger partial charge in [-0.15, -0.1) is 0 Å².